The Kier molecular flexibility index (Phi) is 2.77. The Labute approximate surface area is 89.7 Å². The van der Waals surface area contributed by atoms with E-state index < -0.39 is 0 Å². The third-order valence-corrected chi connectivity index (χ3v) is 3.00. The van der Waals surface area contributed by atoms with Gasteiger partial charge in [-0.05, 0) is 24.5 Å². The standard InChI is InChI=1S/C11H17N3O/c1-8-7-14(5-4-10(8)15)9-2-3-11(12)13-6-9/h2-3,6,8,10,15H,4-5,7H2,1H3,(H2,12,13). The second kappa shape index (κ2) is 4.06. The first-order valence-electron chi connectivity index (χ1n) is 5.31. The second-order valence-corrected chi connectivity index (χ2v) is 4.22. The van der Waals surface area contributed by atoms with Crippen LogP contribution in [0.2, 0.25) is 0 Å². The number of aliphatic hydroxyl groups excluding tert-OH is 1. The van der Waals surface area contributed by atoms with Crippen LogP contribution in [0.1, 0.15) is 13.3 Å². The number of aromatic nitrogens is 1. The van der Waals surface area contributed by atoms with Crippen LogP contribution in [-0.4, -0.2) is 29.3 Å². The number of nitrogens with two attached hydrogens (primary N) is 1. The molecule has 0 bridgehead atoms. The molecule has 0 amide bonds. The molecule has 1 fully saturated rings. The molecule has 4 nitrogen and oxygen atoms in total. The molecule has 2 heterocycles. The van der Waals surface area contributed by atoms with Gasteiger partial charge in [-0.3, -0.25) is 0 Å². The molecule has 2 rings (SSSR count). The molecule has 2 unspecified atom stereocenters. The maximum Gasteiger partial charge on any atom is 0.123 e. The maximum atomic E-state index is 9.62. The Morgan fingerprint density at radius 1 is 1.53 bits per heavy atom. The van der Waals surface area contributed by atoms with Crippen LogP contribution >= 0.6 is 0 Å². The smallest absolute Gasteiger partial charge is 0.123 e. The first-order valence-corrected chi connectivity index (χ1v) is 5.31. The summed E-state index contributed by atoms with van der Waals surface area (Å²) in [5, 5.41) is 9.62. The Morgan fingerprint density at radius 2 is 2.33 bits per heavy atom. The molecule has 1 aromatic rings. The quantitative estimate of drug-likeness (QED) is 0.717. The van der Waals surface area contributed by atoms with E-state index in [4.69, 9.17) is 5.73 Å². The highest BCUT2D eigenvalue weighted by Crippen LogP contribution is 2.22. The van der Waals surface area contributed by atoms with Crippen LogP contribution in [-0.2, 0) is 0 Å². The summed E-state index contributed by atoms with van der Waals surface area (Å²) < 4.78 is 0. The minimum Gasteiger partial charge on any atom is -0.393 e. The molecule has 0 radical (unpaired) electrons. The van der Waals surface area contributed by atoms with Crippen LogP contribution in [0.25, 0.3) is 0 Å². The molecule has 1 saturated heterocycles. The van der Waals surface area contributed by atoms with Crippen molar-refractivity contribution >= 4 is 11.5 Å². The van der Waals surface area contributed by atoms with Crippen molar-refractivity contribution in [3.8, 4) is 0 Å². The van der Waals surface area contributed by atoms with Gasteiger partial charge in [-0.1, -0.05) is 6.92 Å². The van der Waals surface area contributed by atoms with Gasteiger partial charge in [0.15, 0.2) is 0 Å². The number of rotatable bonds is 1. The second-order valence-electron chi connectivity index (χ2n) is 4.22. The first kappa shape index (κ1) is 10.2. The molecular formula is C11H17N3O. The van der Waals surface area contributed by atoms with E-state index in [0.29, 0.717) is 11.7 Å². The monoisotopic (exact) mass is 207 g/mol. The molecule has 3 N–H and O–H groups in total. The topological polar surface area (TPSA) is 62.4 Å². The van der Waals surface area contributed by atoms with Crippen LogP contribution in [0, 0.1) is 5.92 Å². The van der Waals surface area contributed by atoms with Crippen LogP contribution in [0.3, 0.4) is 0 Å². The lowest BCUT2D eigenvalue weighted by atomic mass is 9.96. The zero-order valence-electron chi connectivity index (χ0n) is 8.93. The maximum absolute atomic E-state index is 9.62. The van der Waals surface area contributed by atoms with E-state index >= 15 is 0 Å². The Bertz CT molecular complexity index is 325. The largest absolute Gasteiger partial charge is 0.393 e. The average Bonchev–Trinajstić information content (AvgIpc) is 2.23. The lowest BCUT2D eigenvalue weighted by Gasteiger charge is -2.35. The molecule has 82 valence electrons. The van der Waals surface area contributed by atoms with E-state index in [-0.39, 0.29) is 6.10 Å². The van der Waals surface area contributed by atoms with Gasteiger partial charge in [0, 0.05) is 13.1 Å². The number of hydrogen-bond donors (Lipinski definition) is 2. The lowest BCUT2D eigenvalue weighted by Crippen LogP contribution is -2.41. The number of pyridine rings is 1. The van der Waals surface area contributed by atoms with Crippen molar-refractivity contribution in [3.63, 3.8) is 0 Å². The van der Waals surface area contributed by atoms with Crippen molar-refractivity contribution in [3.05, 3.63) is 18.3 Å². The Balaban J connectivity index is 2.08. The summed E-state index contributed by atoms with van der Waals surface area (Å²) in [6, 6.07) is 3.79. The van der Waals surface area contributed by atoms with Gasteiger partial charge >= 0.3 is 0 Å². The molecule has 1 aliphatic rings. The van der Waals surface area contributed by atoms with E-state index in [1.165, 1.54) is 0 Å². The van der Waals surface area contributed by atoms with E-state index in [0.717, 1.165) is 25.2 Å². The molecule has 1 aromatic heterocycles. The summed E-state index contributed by atoms with van der Waals surface area (Å²) in [5.74, 6) is 0.861. The Hall–Kier alpha value is -1.29. The van der Waals surface area contributed by atoms with Crippen molar-refractivity contribution < 1.29 is 5.11 Å². The molecule has 2 atom stereocenters. The minimum atomic E-state index is -0.164. The van der Waals surface area contributed by atoms with Crippen LogP contribution in [0.4, 0.5) is 11.5 Å². The summed E-state index contributed by atoms with van der Waals surface area (Å²) in [4.78, 5) is 6.31. The van der Waals surface area contributed by atoms with Crippen molar-refractivity contribution in [2.24, 2.45) is 5.92 Å². The summed E-state index contributed by atoms with van der Waals surface area (Å²) in [6.45, 7) is 3.84. The zero-order chi connectivity index (χ0) is 10.8. The number of nitrogen functional groups attached to an aromatic ring is 1. The normalized spacial score (nSPS) is 26.7. The average molecular weight is 207 g/mol. The molecule has 1 aliphatic heterocycles. The first-order chi connectivity index (χ1) is 7.16. The summed E-state index contributed by atoms with van der Waals surface area (Å²) in [5.41, 5.74) is 6.62. The zero-order valence-corrected chi connectivity index (χ0v) is 8.93. The van der Waals surface area contributed by atoms with Crippen LogP contribution in [0.15, 0.2) is 18.3 Å². The highest BCUT2D eigenvalue weighted by molar-refractivity contribution is 5.48. The van der Waals surface area contributed by atoms with Gasteiger partial charge in [0.05, 0.1) is 18.0 Å². The highest BCUT2D eigenvalue weighted by Gasteiger charge is 2.24. The molecule has 15 heavy (non-hydrogen) atoms. The van der Waals surface area contributed by atoms with E-state index in [1.807, 2.05) is 12.1 Å². The number of aliphatic hydroxyl groups is 1. The van der Waals surface area contributed by atoms with Crippen molar-refractivity contribution in [2.75, 3.05) is 23.7 Å². The van der Waals surface area contributed by atoms with Crippen molar-refractivity contribution in [1.29, 1.82) is 0 Å². The van der Waals surface area contributed by atoms with Gasteiger partial charge in [0.25, 0.3) is 0 Å². The predicted molar refractivity (Wildman–Crippen MR) is 60.7 cm³/mol. The third kappa shape index (κ3) is 2.21. The van der Waals surface area contributed by atoms with Crippen molar-refractivity contribution in [1.82, 2.24) is 4.98 Å². The fraction of sp³-hybridized carbons (Fsp3) is 0.545. The van der Waals surface area contributed by atoms with Crippen LogP contribution in [0.5, 0.6) is 0 Å². The molecule has 0 aliphatic carbocycles. The SMILES string of the molecule is CC1CN(c2ccc(N)nc2)CCC1O. The van der Waals surface area contributed by atoms with Crippen molar-refractivity contribution in [2.45, 2.75) is 19.4 Å². The van der Waals surface area contributed by atoms with E-state index in [9.17, 15) is 5.11 Å². The molecule has 0 aromatic carbocycles. The molecule has 4 heteroatoms. The summed E-state index contributed by atoms with van der Waals surface area (Å²) in [6.07, 6.45) is 2.45. The predicted octanol–water partition coefficient (Wildman–Crippen LogP) is 0.871. The van der Waals surface area contributed by atoms with Gasteiger partial charge in [0.1, 0.15) is 5.82 Å². The molecule has 0 spiro atoms. The summed E-state index contributed by atoms with van der Waals surface area (Å²) in [7, 11) is 0. The number of hydrogen-bond acceptors (Lipinski definition) is 4. The Morgan fingerprint density at radius 3 is 2.93 bits per heavy atom. The highest BCUT2D eigenvalue weighted by atomic mass is 16.3. The molecule has 0 saturated carbocycles. The van der Waals surface area contributed by atoms with Gasteiger partial charge in [-0.2, -0.15) is 0 Å². The van der Waals surface area contributed by atoms with Crippen LogP contribution < -0.4 is 10.6 Å². The fourth-order valence-electron chi connectivity index (χ4n) is 1.95. The van der Waals surface area contributed by atoms with Gasteiger partial charge < -0.3 is 15.7 Å². The van der Waals surface area contributed by atoms with Gasteiger partial charge in [-0.25, -0.2) is 4.98 Å². The van der Waals surface area contributed by atoms with E-state index in [1.54, 1.807) is 6.20 Å². The fourth-order valence-corrected chi connectivity index (χ4v) is 1.95. The van der Waals surface area contributed by atoms with Gasteiger partial charge in [0.2, 0.25) is 0 Å². The van der Waals surface area contributed by atoms with E-state index in [2.05, 4.69) is 16.8 Å². The number of nitrogens with zero attached hydrogens (tertiary/aromatic N) is 2. The number of piperidine rings is 1. The summed E-state index contributed by atoms with van der Waals surface area (Å²) >= 11 is 0. The number of anilines is 2. The minimum absolute atomic E-state index is 0.164. The molecular weight excluding hydrogens is 190 g/mol. The lowest BCUT2D eigenvalue weighted by molar-refractivity contribution is 0.0971. The van der Waals surface area contributed by atoms with Gasteiger partial charge in [-0.15, -0.1) is 0 Å². The third-order valence-electron chi connectivity index (χ3n) is 3.00.